The zero-order chi connectivity index (χ0) is 14.2. The highest BCUT2D eigenvalue weighted by Gasteiger charge is 2.14. The second-order valence-corrected chi connectivity index (χ2v) is 5.71. The molecule has 0 aliphatic rings. The number of thiazole rings is 1. The molecular weight excluding hydrogens is 280 g/mol. The molecule has 0 bridgehead atoms. The molecule has 4 rings (SSSR count). The molecule has 0 unspecified atom stereocenters. The summed E-state index contributed by atoms with van der Waals surface area (Å²) in [6.07, 6.45) is 1.78. The Labute approximate surface area is 125 Å². The summed E-state index contributed by atoms with van der Waals surface area (Å²) < 4.78 is 2.89. The summed E-state index contributed by atoms with van der Waals surface area (Å²) in [6.45, 7) is 0. The molecule has 2 N–H and O–H groups in total. The highest BCUT2D eigenvalue weighted by molar-refractivity contribution is 7.21. The Balaban J connectivity index is 1.85. The van der Waals surface area contributed by atoms with Crippen molar-refractivity contribution >= 4 is 27.4 Å². The number of anilines is 1. The number of hydrogen-bond acceptors (Lipinski definition) is 4. The van der Waals surface area contributed by atoms with Gasteiger partial charge in [0.05, 0.1) is 27.7 Å². The van der Waals surface area contributed by atoms with Crippen LogP contribution in [0.3, 0.4) is 0 Å². The minimum absolute atomic E-state index is 0.611. The van der Waals surface area contributed by atoms with Gasteiger partial charge >= 0.3 is 0 Å². The molecule has 0 amide bonds. The van der Waals surface area contributed by atoms with Crippen molar-refractivity contribution in [1.29, 1.82) is 0 Å². The number of aromatic nitrogens is 3. The lowest BCUT2D eigenvalue weighted by molar-refractivity contribution is 0.891. The lowest BCUT2D eigenvalue weighted by Gasteiger charge is -2.03. The van der Waals surface area contributed by atoms with Crippen molar-refractivity contribution in [3.63, 3.8) is 0 Å². The Bertz CT molecular complexity index is 875. The van der Waals surface area contributed by atoms with Crippen LogP contribution in [0, 0.1) is 0 Å². The van der Waals surface area contributed by atoms with Crippen molar-refractivity contribution in [2.75, 3.05) is 5.73 Å². The van der Waals surface area contributed by atoms with Gasteiger partial charge in [0.2, 0.25) is 0 Å². The number of fused-ring (bicyclic) bond motifs is 1. The first kappa shape index (κ1) is 12.1. The molecule has 5 heteroatoms. The number of rotatable bonds is 2. The van der Waals surface area contributed by atoms with E-state index in [1.54, 1.807) is 22.2 Å². The second-order valence-electron chi connectivity index (χ2n) is 4.68. The molecule has 4 aromatic rings. The van der Waals surface area contributed by atoms with Gasteiger partial charge in [-0.15, -0.1) is 11.3 Å². The molecule has 102 valence electrons. The lowest BCUT2D eigenvalue weighted by Crippen LogP contribution is -2.01. The van der Waals surface area contributed by atoms with Crippen molar-refractivity contribution in [1.82, 2.24) is 14.8 Å². The van der Waals surface area contributed by atoms with E-state index >= 15 is 0 Å². The van der Waals surface area contributed by atoms with Gasteiger partial charge in [0.1, 0.15) is 10.8 Å². The minimum Gasteiger partial charge on any atom is -0.383 e. The van der Waals surface area contributed by atoms with Gasteiger partial charge in [-0.3, -0.25) is 0 Å². The predicted octanol–water partition coefficient (Wildman–Crippen LogP) is 3.73. The van der Waals surface area contributed by atoms with Gasteiger partial charge in [-0.2, -0.15) is 5.10 Å². The predicted molar refractivity (Wildman–Crippen MR) is 86.6 cm³/mol. The zero-order valence-electron chi connectivity index (χ0n) is 11.1. The number of nitrogen functional groups attached to an aromatic ring is 1. The molecule has 4 nitrogen and oxygen atoms in total. The van der Waals surface area contributed by atoms with Crippen LogP contribution in [0.1, 0.15) is 0 Å². The van der Waals surface area contributed by atoms with Crippen LogP contribution in [0.5, 0.6) is 0 Å². The maximum atomic E-state index is 6.26. The van der Waals surface area contributed by atoms with Crippen LogP contribution in [0.25, 0.3) is 26.5 Å². The first-order chi connectivity index (χ1) is 10.3. The van der Waals surface area contributed by atoms with Gasteiger partial charge in [-0.1, -0.05) is 30.3 Å². The fraction of sp³-hybridized carbons (Fsp3) is 0. The van der Waals surface area contributed by atoms with Crippen LogP contribution in [-0.2, 0) is 0 Å². The monoisotopic (exact) mass is 292 g/mol. The van der Waals surface area contributed by atoms with Crippen LogP contribution in [-0.4, -0.2) is 14.8 Å². The van der Waals surface area contributed by atoms with E-state index in [0.717, 1.165) is 26.5 Å². The van der Waals surface area contributed by atoms with E-state index in [0.29, 0.717) is 5.82 Å². The number of nitrogens with zero attached hydrogens (tertiary/aromatic N) is 3. The van der Waals surface area contributed by atoms with E-state index in [4.69, 9.17) is 5.73 Å². The number of nitrogens with two attached hydrogens (primary N) is 1. The van der Waals surface area contributed by atoms with Crippen LogP contribution in [0.15, 0.2) is 60.8 Å². The quantitative estimate of drug-likeness (QED) is 0.612. The summed E-state index contributed by atoms with van der Waals surface area (Å²) in [5, 5.41) is 5.29. The van der Waals surface area contributed by atoms with E-state index in [2.05, 4.69) is 16.1 Å². The van der Waals surface area contributed by atoms with E-state index in [1.807, 2.05) is 48.5 Å². The third kappa shape index (κ3) is 1.98. The Morgan fingerprint density at radius 3 is 2.52 bits per heavy atom. The maximum Gasteiger partial charge on any atom is 0.137 e. The summed E-state index contributed by atoms with van der Waals surface area (Å²) >= 11 is 1.63. The van der Waals surface area contributed by atoms with Gasteiger partial charge in [0.15, 0.2) is 0 Å². The highest BCUT2D eigenvalue weighted by Crippen LogP contribution is 2.33. The Hall–Kier alpha value is -2.66. The molecule has 0 saturated carbocycles. The molecule has 2 heterocycles. The van der Waals surface area contributed by atoms with E-state index in [-0.39, 0.29) is 0 Å². The molecular formula is C16H12N4S. The summed E-state index contributed by atoms with van der Waals surface area (Å²) in [7, 11) is 0. The topological polar surface area (TPSA) is 56.7 Å². The van der Waals surface area contributed by atoms with Crippen LogP contribution in [0.4, 0.5) is 5.82 Å². The van der Waals surface area contributed by atoms with E-state index < -0.39 is 0 Å². The largest absolute Gasteiger partial charge is 0.383 e. The summed E-state index contributed by atoms with van der Waals surface area (Å²) in [5.41, 5.74) is 9.07. The first-order valence-electron chi connectivity index (χ1n) is 6.58. The van der Waals surface area contributed by atoms with Crippen molar-refractivity contribution in [2.45, 2.75) is 0 Å². The molecule has 0 fully saturated rings. The van der Waals surface area contributed by atoms with Crippen molar-refractivity contribution in [2.24, 2.45) is 0 Å². The molecule has 2 aromatic carbocycles. The third-order valence-electron chi connectivity index (χ3n) is 3.33. The van der Waals surface area contributed by atoms with Crippen LogP contribution >= 0.6 is 11.3 Å². The van der Waals surface area contributed by atoms with Crippen molar-refractivity contribution in [3.8, 4) is 16.3 Å². The van der Waals surface area contributed by atoms with Gasteiger partial charge in [0, 0.05) is 0 Å². The fourth-order valence-electron chi connectivity index (χ4n) is 2.29. The molecule has 0 aliphatic heterocycles. The number of benzene rings is 2. The minimum atomic E-state index is 0.611. The lowest BCUT2D eigenvalue weighted by atomic mass is 10.3. The fourth-order valence-corrected chi connectivity index (χ4v) is 3.27. The molecule has 21 heavy (non-hydrogen) atoms. The Morgan fingerprint density at radius 1 is 0.952 bits per heavy atom. The molecule has 0 spiro atoms. The summed E-state index contributed by atoms with van der Waals surface area (Å²) in [5.74, 6) is 0.611. The molecule has 0 radical (unpaired) electrons. The number of para-hydroxylation sites is 2. The van der Waals surface area contributed by atoms with Gasteiger partial charge in [-0.25, -0.2) is 9.67 Å². The SMILES string of the molecule is Nc1c(-c2nc3ccccc3s2)cnn1-c1ccccc1. The van der Waals surface area contributed by atoms with Gasteiger partial charge in [-0.05, 0) is 24.3 Å². The average Bonchev–Trinajstić information content (AvgIpc) is 3.11. The molecule has 2 aromatic heterocycles. The molecule has 0 atom stereocenters. The van der Waals surface area contributed by atoms with Crippen molar-refractivity contribution < 1.29 is 0 Å². The molecule has 0 saturated heterocycles. The van der Waals surface area contributed by atoms with Gasteiger partial charge in [0.25, 0.3) is 0 Å². The summed E-state index contributed by atoms with van der Waals surface area (Å²) in [6, 6.07) is 17.9. The Kier molecular flexibility index (Phi) is 2.72. The van der Waals surface area contributed by atoms with Crippen molar-refractivity contribution in [3.05, 3.63) is 60.8 Å². The zero-order valence-corrected chi connectivity index (χ0v) is 11.9. The van der Waals surface area contributed by atoms with Crippen LogP contribution in [0.2, 0.25) is 0 Å². The second kappa shape index (κ2) is 4.71. The smallest absolute Gasteiger partial charge is 0.137 e. The average molecular weight is 292 g/mol. The maximum absolute atomic E-state index is 6.26. The summed E-state index contributed by atoms with van der Waals surface area (Å²) in [4.78, 5) is 4.64. The van der Waals surface area contributed by atoms with E-state index in [1.165, 1.54) is 0 Å². The van der Waals surface area contributed by atoms with E-state index in [9.17, 15) is 0 Å². The standard InChI is InChI=1S/C16H12N4S/c17-15-12(10-18-20(15)11-6-2-1-3-7-11)16-19-13-8-4-5-9-14(13)21-16/h1-10H,17H2. The van der Waals surface area contributed by atoms with Gasteiger partial charge < -0.3 is 5.73 Å². The Morgan fingerprint density at radius 2 is 1.71 bits per heavy atom. The molecule has 0 aliphatic carbocycles. The number of hydrogen-bond donors (Lipinski definition) is 1. The highest BCUT2D eigenvalue weighted by atomic mass is 32.1. The normalized spacial score (nSPS) is 11.0. The third-order valence-corrected chi connectivity index (χ3v) is 4.40. The van der Waals surface area contributed by atoms with Crippen LogP contribution < -0.4 is 5.73 Å². The first-order valence-corrected chi connectivity index (χ1v) is 7.39.